The molecule has 0 aliphatic carbocycles. The Balaban J connectivity index is 5.20. The fraction of sp³-hybridized carbons (Fsp3) is 0.600. The maximum absolute atomic E-state index is 11.6. The molecule has 0 N–H and O–H groups in total. The second-order valence-corrected chi connectivity index (χ2v) is 2.98. The fourth-order valence-electron chi connectivity index (χ4n) is 1.16. The molecule has 0 aromatic rings. The summed E-state index contributed by atoms with van der Waals surface area (Å²) in [5, 5.41) is 0. The van der Waals surface area contributed by atoms with Crippen LogP contribution in [-0.2, 0) is 23.8 Å². The van der Waals surface area contributed by atoms with Gasteiger partial charge in [0.15, 0.2) is 6.04 Å². The van der Waals surface area contributed by atoms with Gasteiger partial charge in [-0.2, -0.15) is 4.90 Å². The van der Waals surface area contributed by atoms with Crippen molar-refractivity contribution in [2.24, 2.45) is 0 Å². The molecule has 8 nitrogen and oxygen atoms in total. The second-order valence-electron chi connectivity index (χ2n) is 2.98. The molecule has 0 aliphatic heterocycles. The third kappa shape index (κ3) is 4.04. The average Bonchev–Trinajstić information content (AvgIpc) is 2.37. The van der Waals surface area contributed by atoms with Crippen molar-refractivity contribution >= 4 is 24.4 Å². The molecule has 0 radical (unpaired) electrons. The highest BCUT2D eigenvalue weighted by Crippen LogP contribution is 2.10. The van der Waals surface area contributed by atoms with E-state index in [4.69, 9.17) is 0 Å². The standard InChI is InChI=1S/C10H15NO7/c1-4-18-8(13)7(5-6-12)11(9(14)16-2)10(15)17-3/h6-7H,4-5H2,1-3H3/t7-/m0/s1. The summed E-state index contributed by atoms with van der Waals surface area (Å²) in [6.07, 6.45) is -2.23. The molecule has 0 bridgehead atoms. The number of aldehydes is 1. The Morgan fingerprint density at radius 2 is 1.67 bits per heavy atom. The van der Waals surface area contributed by atoms with Gasteiger partial charge in [-0.05, 0) is 6.92 Å². The van der Waals surface area contributed by atoms with Crippen molar-refractivity contribution in [2.75, 3.05) is 20.8 Å². The predicted octanol–water partition coefficient (Wildman–Crippen LogP) is 0.342. The van der Waals surface area contributed by atoms with Crippen LogP contribution in [0.3, 0.4) is 0 Å². The molecular formula is C10H15NO7. The van der Waals surface area contributed by atoms with E-state index in [1.807, 2.05) is 0 Å². The molecule has 0 rings (SSSR count). The van der Waals surface area contributed by atoms with Crippen molar-refractivity contribution in [3.63, 3.8) is 0 Å². The number of rotatable bonds is 5. The van der Waals surface area contributed by atoms with Gasteiger partial charge in [0.2, 0.25) is 0 Å². The van der Waals surface area contributed by atoms with Crippen LogP contribution in [0.4, 0.5) is 9.59 Å². The number of hydrogen-bond donors (Lipinski definition) is 0. The van der Waals surface area contributed by atoms with Crippen LogP contribution < -0.4 is 0 Å². The first kappa shape index (κ1) is 15.9. The molecular weight excluding hydrogens is 246 g/mol. The summed E-state index contributed by atoms with van der Waals surface area (Å²) in [5.74, 6) is -0.889. The molecule has 0 saturated heterocycles. The summed E-state index contributed by atoms with van der Waals surface area (Å²) < 4.78 is 13.4. The minimum atomic E-state index is -1.40. The van der Waals surface area contributed by atoms with Crippen LogP contribution in [0.1, 0.15) is 13.3 Å². The Morgan fingerprint density at radius 3 is 2.00 bits per heavy atom. The number of hydrogen-bond acceptors (Lipinski definition) is 7. The molecule has 0 fully saturated rings. The van der Waals surface area contributed by atoms with Gasteiger partial charge in [-0.15, -0.1) is 0 Å². The smallest absolute Gasteiger partial charge is 0.419 e. The van der Waals surface area contributed by atoms with E-state index in [9.17, 15) is 19.2 Å². The van der Waals surface area contributed by atoms with Gasteiger partial charge < -0.3 is 19.0 Å². The van der Waals surface area contributed by atoms with E-state index < -0.39 is 30.6 Å². The molecule has 102 valence electrons. The van der Waals surface area contributed by atoms with Gasteiger partial charge >= 0.3 is 18.2 Å². The van der Waals surface area contributed by atoms with Crippen LogP contribution in [-0.4, -0.2) is 56.2 Å². The number of carbonyl (C=O) groups excluding carboxylic acids is 4. The predicted molar refractivity (Wildman–Crippen MR) is 57.8 cm³/mol. The van der Waals surface area contributed by atoms with Crippen LogP contribution in [0.25, 0.3) is 0 Å². The second kappa shape index (κ2) is 8.04. The monoisotopic (exact) mass is 261 g/mol. The summed E-state index contributed by atoms with van der Waals surface area (Å²) in [6.45, 7) is 1.60. The zero-order valence-corrected chi connectivity index (χ0v) is 10.4. The topological polar surface area (TPSA) is 99.2 Å². The van der Waals surface area contributed by atoms with E-state index in [1.165, 1.54) is 0 Å². The highest BCUT2D eigenvalue weighted by atomic mass is 16.6. The molecule has 0 saturated carbocycles. The van der Waals surface area contributed by atoms with Gasteiger partial charge in [-0.25, -0.2) is 14.4 Å². The minimum Gasteiger partial charge on any atom is -0.464 e. The fourth-order valence-corrected chi connectivity index (χ4v) is 1.16. The van der Waals surface area contributed by atoms with Crippen LogP contribution in [0.15, 0.2) is 0 Å². The highest BCUT2D eigenvalue weighted by Gasteiger charge is 2.37. The van der Waals surface area contributed by atoms with Gasteiger partial charge in [0.1, 0.15) is 6.29 Å². The number of imide groups is 1. The van der Waals surface area contributed by atoms with Crippen molar-refractivity contribution < 1.29 is 33.4 Å². The number of methoxy groups -OCH3 is 2. The first-order valence-corrected chi connectivity index (χ1v) is 5.08. The quantitative estimate of drug-likeness (QED) is 0.399. The number of amides is 2. The van der Waals surface area contributed by atoms with Gasteiger partial charge in [0.25, 0.3) is 0 Å². The first-order valence-electron chi connectivity index (χ1n) is 5.08. The lowest BCUT2D eigenvalue weighted by atomic mass is 10.2. The van der Waals surface area contributed by atoms with Crippen LogP contribution in [0.2, 0.25) is 0 Å². The summed E-state index contributed by atoms with van der Waals surface area (Å²) in [6, 6.07) is -1.40. The average molecular weight is 261 g/mol. The van der Waals surface area contributed by atoms with E-state index in [-0.39, 0.29) is 6.61 Å². The van der Waals surface area contributed by atoms with Crippen LogP contribution in [0.5, 0.6) is 0 Å². The van der Waals surface area contributed by atoms with Gasteiger partial charge in [0, 0.05) is 6.42 Å². The van der Waals surface area contributed by atoms with Gasteiger partial charge in [0.05, 0.1) is 20.8 Å². The van der Waals surface area contributed by atoms with E-state index >= 15 is 0 Å². The maximum atomic E-state index is 11.6. The Morgan fingerprint density at radius 1 is 1.17 bits per heavy atom. The van der Waals surface area contributed by atoms with E-state index in [2.05, 4.69) is 14.2 Å². The lowest BCUT2D eigenvalue weighted by Gasteiger charge is -2.24. The number of esters is 1. The van der Waals surface area contributed by atoms with Crippen LogP contribution in [0, 0.1) is 0 Å². The van der Waals surface area contributed by atoms with Crippen molar-refractivity contribution in [3.05, 3.63) is 0 Å². The molecule has 1 atom stereocenters. The lowest BCUT2D eigenvalue weighted by molar-refractivity contribution is -0.149. The molecule has 8 heteroatoms. The molecule has 2 amide bonds. The first-order chi connectivity index (χ1) is 8.53. The summed E-state index contributed by atoms with van der Waals surface area (Å²) >= 11 is 0. The largest absolute Gasteiger partial charge is 0.464 e. The zero-order chi connectivity index (χ0) is 14.1. The third-order valence-corrected chi connectivity index (χ3v) is 1.93. The molecule has 0 unspecified atom stereocenters. The van der Waals surface area contributed by atoms with Crippen molar-refractivity contribution in [1.29, 1.82) is 0 Å². The van der Waals surface area contributed by atoms with Crippen molar-refractivity contribution in [2.45, 2.75) is 19.4 Å². The molecule has 18 heavy (non-hydrogen) atoms. The maximum Gasteiger partial charge on any atom is 0.419 e. The summed E-state index contributed by atoms with van der Waals surface area (Å²) in [5.41, 5.74) is 0. The summed E-state index contributed by atoms with van der Waals surface area (Å²) in [4.78, 5) is 45.3. The Kier molecular flexibility index (Phi) is 7.10. The molecule has 0 heterocycles. The normalized spacial score (nSPS) is 11.1. The molecule has 0 spiro atoms. The zero-order valence-electron chi connectivity index (χ0n) is 10.4. The molecule has 0 aliphatic rings. The van der Waals surface area contributed by atoms with E-state index in [1.54, 1.807) is 6.92 Å². The number of carbonyl (C=O) groups is 4. The van der Waals surface area contributed by atoms with Gasteiger partial charge in [-0.1, -0.05) is 0 Å². The van der Waals surface area contributed by atoms with E-state index in [0.717, 1.165) is 14.2 Å². The Bertz CT molecular complexity index is 312. The van der Waals surface area contributed by atoms with E-state index in [0.29, 0.717) is 11.2 Å². The van der Waals surface area contributed by atoms with Crippen molar-refractivity contribution in [3.8, 4) is 0 Å². The lowest BCUT2D eigenvalue weighted by Crippen LogP contribution is -2.49. The van der Waals surface area contributed by atoms with Gasteiger partial charge in [-0.3, -0.25) is 0 Å². The Labute approximate surface area is 104 Å². The summed E-state index contributed by atoms with van der Waals surface area (Å²) in [7, 11) is 2.06. The molecule has 0 aromatic heterocycles. The number of ether oxygens (including phenoxy) is 3. The highest BCUT2D eigenvalue weighted by molar-refractivity contribution is 5.94. The van der Waals surface area contributed by atoms with Crippen LogP contribution >= 0.6 is 0 Å². The minimum absolute atomic E-state index is 0.0460. The SMILES string of the molecule is CCOC(=O)[C@H](CC=O)N(C(=O)OC)C(=O)OC. The third-order valence-electron chi connectivity index (χ3n) is 1.93. The Hall–Kier alpha value is -2.12. The molecule has 0 aromatic carbocycles. The number of nitrogens with zero attached hydrogens (tertiary/aromatic N) is 1. The van der Waals surface area contributed by atoms with Crippen molar-refractivity contribution in [1.82, 2.24) is 4.90 Å².